The van der Waals surface area contributed by atoms with Gasteiger partial charge in [-0.1, -0.05) is 11.6 Å². The van der Waals surface area contributed by atoms with Crippen LogP contribution in [0.4, 0.5) is 18.9 Å². The normalized spacial score (nSPS) is 12.2. The Morgan fingerprint density at radius 1 is 1.19 bits per heavy atom. The number of aromatic nitrogens is 2. The van der Waals surface area contributed by atoms with E-state index in [1.54, 1.807) is 6.07 Å². The first-order valence-electron chi connectivity index (χ1n) is 8.71. The molecule has 164 valence electrons. The highest BCUT2D eigenvalue weighted by atomic mass is 35.5. The number of likely N-dealkylation sites (N-methyl/N-ethyl adjacent to an activating group) is 1. The first kappa shape index (κ1) is 22.8. The Kier molecular flexibility index (Phi) is 6.39. The molecule has 0 aliphatic rings. The first-order chi connectivity index (χ1) is 14.5. The summed E-state index contributed by atoms with van der Waals surface area (Å²) in [7, 11) is -2.83. The zero-order valence-corrected chi connectivity index (χ0v) is 17.5. The van der Waals surface area contributed by atoms with E-state index in [2.05, 4.69) is 10.4 Å². The van der Waals surface area contributed by atoms with Crippen LogP contribution in [0.5, 0.6) is 0 Å². The van der Waals surface area contributed by atoms with Crippen molar-refractivity contribution < 1.29 is 26.4 Å². The Hall–Kier alpha value is -2.89. The molecule has 3 aromatic rings. The molecule has 0 saturated heterocycles. The van der Waals surface area contributed by atoms with Crippen LogP contribution in [0.25, 0.3) is 5.69 Å². The van der Waals surface area contributed by atoms with Crippen molar-refractivity contribution in [1.29, 1.82) is 0 Å². The number of amides is 1. The molecule has 1 N–H and O–H groups in total. The average Bonchev–Trinajstić information content (AvgIpc) is 3.22. The van der Waals surface area contributed by atoms with E-state index in [0.717, 1.165) is 16.4 Å². The standard InChI is InChI=1S/C19H16ClF3N4O3S/c1-26(31(29,30)15-6-4-14(20)5-7-15)12-18(28)25-16-11-13(19(21,22)23)3-8-17(16)27-10-2-9-24-27/h2-11H,12H2,1H3,(H,25,28). The molecule has 0 radical (unpaired) electrons. The molecule has 0 aliphatic carbocycles. The molecule has 1 amide bonds. The third-order valence-corrected chi connectivity index (χ3v) is 6.31. The van der Waals surface area contributed by atoms with Gasteiger partial charge in [0.1, 0.15) is 0 Å². The smallest absolute Gasteiger partial charge is 0.323 e. The van der Waals surface area contributed by atoms with E-state index in [1.807, 2.05) is 0 Å². The highest BCUT2D eigenvalue weighted by molar-refractivity contribution is 7.89. The molecule has 7 nitrogen and oxygen atoms in total. The van der Waals surface area contributed by atoms with Gasteiger partial charge in [-0.25, -0.2) is 13.1 Å². The van der Waals surface area contributed by atoms with Crippen molar-refractivity contribution in [3.63, 3.8) is 0 Å². The molecule has 0 unspecified atom stereocenters. The molecule has 0 bridgehead atoms. The molecule has 0 saturated carbocycles. The van der Waals surface area contributed by atoms with Gasteiger partial charge in [0.05, 0.1) is 28.4 Å². The van der Waals surface area contributed by atoms with Gasteiger partial charge in [-0.3, -0.25) is 4.79 Å². The third-order valence-electron chi connectivity index (χ3n) is 4.24. The largest absolute Gasteiger partial charge is 0.416 e. The number of benzene rings is 2. The fourth-order valence-corrected chi connectivity index (χ4v) is 3.94. The number of nitrogens with one attached hydrogen (secondary N) is 1. The Bertz CT molecular complexity index is 1180. The molecule has 31 heavy (non-hydrogen) atoms. The zero-order chi connectivity index (χ0) is 22.8. The zero-order valence-electron chi connectivity index (χ0n) is 16.0. The summed E-state index contributed by atoms with van der Waals surface area (Å²) < 4.78 is 66.7. The summed E-state index contributed by atoms with van der Waals surface area (Å²) in [6.45, 7) is -0.625. The first-order valence-corrected chi connectivity index (χ1v) is 10.5. The topological polar surface area (TPSA) is 84.3 Å². The van der Waals surface area contributed by atoms with E-state index < -0.39 is 34.2 Å². The van der Waals surface area contributed by atoms with E-state index in [4.69, 9.17) is 11.6 Å². The predicted octanol–water partition coefficient (Wildman–Crippen LogP) is 3.80. The number of alkyl halides is 3. The summed E-state index contributed by atoms with van der Waals surface area (Å²) >= 11 is 5.76. The van der Waals surface area contributed by atoms with Crippen molar-refractivity contribution >= 4 is 33.2 Å². The maximum Gasteiger partial charge on any atom is 0.416 e. The Morgan fingerprint density at radius 2 is 1.87 bits per heavy atom. The summed E-state index contributed by atoms with van der Waals surface area (Å²) in [6, 6.07) is 9.72. The lowest BCUT2D eigenvalue weighted by Crippen LogP contribution is -2.35. The van der Waals surface area contributed by atoms with Crippen molar-refractivity contribution in [2.24, 2.45) is 0 Å². The molecule has 0 spiro atoms. The van der Waals surface area contributed by atoms with Gasteiger partial charge < -0.3 is 5.32 Å². The highest BCUT2D eigenvalue weighted by Crippen LogP contribution is 2.33. The van der Waals surface area contributed by atoms with E-state index >= 15 is 0 Å². The number of carbonyl (C=O) groups is 1. The van der Waals surface area contributed by atoms with Crippen LogP contribution < -0.4 is 5.32 Å². The van der Waals surface area contributed by atoms with Gasteiger partial charge >= 0.3 is 6.18 Å². The molecule has 0 fully saturated rings. The number of anilines is 1. The molecule has 12 heteroatoms. The van der Waals surface area contributed by atoms with Gasteiger partial charge in [-0.15, -0.1) is 0 Å². The lowest BCUT2D eigenvalue weighted by Gasteiger charge is -2.18. The number of halogens is 4. The van der Waals surface area contributed by atoms with Gasteiger partial charge in [0.15, 0.2) is 0 Å². The van der Waals surface area contributed by atoms with E-state index in [0.29, 0.717) is 5.02 Å². The second-order valence-electron chi connectivity index (χ2n) is 6.44. The second kappa shape index (κ2) is 8.69. The molecule has 0 atom stereocenters. The second-order valence-corrected chi connectivity index (χ2v) is 8.92. The van der Waals surface area contributed by atoms with E-state index in [-0.39, 0.29) is 16.3 Å². The van der Waals surface area contributed by atoms with Crippen molar-refractivity contribution in [2.75, 3.05) is 18.9 Å². The SMILES string of the molecule is CN(CC(=O)Nc1cc(C(F)(F)F)ccc1-n1cccn1)S(=O)(=O)c1ccc(Cl)cc1. The van der Waals surface area contributed by atoms with Gasteiger partial charge in [0.2, 0.25) is 15.9 Å². The number of hydrogen-bond donors (Lipinski definition) is 1. The molecule has 2 aromatic carbocycles. The van der Waals surface area contributed by atoms with Crippen LogP contribution in [0.15, 0.2) is 65.8 Å². The maximum absolute atomic E-state index is 13.1. The minimum absolute atomic E-state index is 0.0801. The number of carbonyl (C=O) groups excluding carboxylic acids is 1. The fourth-order valence-electron chi connectivity index (χ4n) is 2.69. The molecule has 3 rings (SSSR count). The quantitative estimate of drug-likeness (QED) is 0.591. The molecule has 1 aromatic heterocycles. The van der Waals surface area contributed by atoms with Crippen LogP contribution in [0, 0.1) is 0 Å². The van der Waals surface area contributed by atoms with Crippen molar-refractivity contribution in [1.82, 2.24) is 14.1 Å². The Balaban J connectivity index is 1.84. The van der Waals surface area contributed by atoms with Crippen LogP contribution in [0.3, 0.4) is 0 Å². The molecule has 0 aliphatic heterocycles. The van der Waals surface area contributed by atoms with E-state index in [9.17, 15) is 26.4 Å². The van der Waals surface area contributed by atoms with Crippen molar-refractivity contribution in [3.05, 3.63) is 71.5 Å². The third kappa shape index (κ3) is 5.24. The summed E-state index contributed by atoms with van der Waals surface area (Å²) in [6.07, 6.45) is -1.71. The summed E-state index contributed by atoms with van der Waals surface area (Å²) in [5, 5.41) is 6.65. The minimum atomic E-state index is -4.63. The van der Waals surface area contributed by atoms with Crippen LogP contribution in [0.1, 0.15) is 5.56 Å². The van der Waals surface area contributed by atoms with Crippen molar-refractivity contribution in [3.8, 4) is 5.69 Å². The Morgan fingerprint density at radius 3 is 2.45 bits per heavy atom. The Labute approximate surface area is 181 Å². The highest BCUT2D eigenvalue weighted by Gasteiger charge is 2.31. The summed E-state index contributed by atoms with van der Waals surface area (Å²) in [5.41, 5.74) is -0.948. The number of nitrogens with zero attached hydrogens (tertiary/aromatic N) is 3. The van der Waals surface area contributed by atoms with Gasteiger partial charge in [-0.2, -0.15) is 22.6 Å². The lowest BCUT2D eigenvalue weighted by atomic mass is 10.1. The van der Waals surface area contributed by atoms with Crippen LogP contribution >= 0.6 is 11.6 Å². The predicted molar refractivity (Wildman–Crippen MR) is 108 cm³/mol. The fraction of sp³-hybridized carbons (Fsp3) is 0.158. The number of hydrogen-bond acceptors (Lipinski definition) is 4. The van der Waals surface area contributed by atoms with Crippen LogP contribution in [-0.4, -0.2) is 42.0 Å². The molecule has 1 heterocycles. The monoisotopic (exact) mass is 472 g/mol. The minimum Gasteiger partial charge on any atom is -0.323 e. The number of sulfonamides is 1. The van der Waals surface area contributed by atoms with Gasteiger partial charge in [-0.05, 0) is 48.5 Å². The summed E-state index contributed by atoms with van der Waals surface area (Å²) in [4.78, 5) is 12.4. The maximum atomic E-state index is 13.1. The summed E-state index contributed by atoms with van der Waals surface area (Å²) in [5.74, 6) is -0.826. The van der Waals surface area contributed by atoms with Crippen molar-refractivity contribution in [2.45, 2.75) is 11.1 Å². The average molecular weight is 473 g/mol. The molecular formula is C19H16ClF3N4O3S. The lowest BCUT2D eigenvalue weighted by molar-refractivity contribution is -0.137. The number of rotatable bonds is 6. The van der Waals surface area contributed by atoms with Gasteiger partial charge in [0.25, 0.3) is 0 Å². The van der Waals surface area contributed by atoms with Gasteiger partial charge in [0, 0.05) is 24.5 Å². The van der Waals surface area contributed by atoms with Crippen LogP contribution in [0.2, 0.25) is 5.02 Å². The van der Waals surface area contributed by atoms with E-state index in [1.165, 1.54) is 54.5 Å². The van der Waals surface area contributed by atoms with Crippen LogP contribution in [-0.2, 0) is 21.0 Å². The molecular weight excluding hydrogens is 457 g/mol.